The van der Waals surface area contributed by atoms with Crippen LogP contribution in [-0.2, 0) is 17.7 Å². The number of carbonyl (C=O) groups excluding carboxylic acids is 2. The average Bonchev–Trinajstić information content (AvgIpc) is 3.23. The van der Waals surface area contributed by atoms with Crippen LogP contribution in [0.4, 0.5) is 4.79 Å². The number of amides is 2. The van der Waals surface area contributed by atoms with Crippen LogP contribution >= 0.6 is 11.3 Å². The summed E-state index contributed by atoms with van der Waals surface area (Å²) in [6, 6.07) is 7.85. The standard InChI is InChI=1S/C28H32N4O4S/c1-27(2,3)36-26(35)32-9-8-18-21(15-37-22(18)14-32)24(33)29-17-12-28(13-17)10-16(11-28)23-19-6-4-5-7-20(19)25(34)31-30-23/h4-7,15-17H,8-14H2,1-3H3,(H,29,33)(H,31,34). The van der Waals surface area contributed by atoms with Crippen LogP contribution in [0, 0.1) is 5.41 Å². The van der Waals surface area contributed by atoms with Crippen molar-refractivity contribution in [1.82, 2.24) is 20.4 Å². The zero-order valence-electron chi connectivity index (χ0n) is 21.4. The molecule has 1 aromatic carbocycles. The zero-order valence-corrected chi connectivity index (χ0v) is 22.2. The molecule has 3 heterocycles. The lowest BCUT2D eigenvalue weighted by molar-refractivity contribution is -0.0196. The van der Waals surface area contributed by atoms with Gasteiger partial charge in [-0.15, -0.1) is 11.3 Å². The van der Waals surface area contributed by atoms with Crippen LogP contribution in [0.3, 0.4) is 0 Å². The SMILES string of the molecule is CC(C)(C)OC(=O)N1CCc2c(C(=O)NC3CC4(C3)CC(c3n[nH]c(=O)c5ccccc35)C4)csc2C1. The van der Waals surface area contributed by atoms with Crippen LogP contribution in [0.25, 0.3) is 10.8 Å². The average molecular weight is 521 g/mol. The van der Waals surface area contributed by atoms with E-state index >= 15 is 0 Å². The topological polar surface area (TPSA) is 104 Å². The summed E-state index contributed by atoms with van der Waals surface area (Å²) in [5.74, 6) is 0.336. The van der Waals surface area contributed by atoms with Crippen molar-refractivity contribution in [1.29, 1.82) is 0 Å². The number of fused-ring (bicyclic) bond motifs is 2. The van der Waals surface area contributed by atoms with E-state index in [4.69, 9.17) is 4.74 Å². The molecule has 2 amide bonds. The molecule has 37 heavy (non-hydrogen) atoms. The smallest absolute Gasteiger partial charge is 0.410 e. The van der Waals surface area contributed by atoms with E-state index in [0.717, 1.165) is 52.8 Å². The van der Waals surface area contributed by atoms with Gasteiger partial charge in [0.25, 0.3) is 11.5 Å². The number of nitrogens with one attached hydrogen (secondary N) is 2. The van der Waals surface area contributed by atoms with E-state index in [9.17, 15) is 14.4 Å². The third kappa shape index (κ3) is 4.43. The Morgan fingerprint density at radius 2 is 1.89 bits per heavy atom. The van der Waals surface area contributed by atoms with Crippen LogP contribution in [0.15, 0.2) is 34.4 Å². The van der Waals surface area contributed by atoms with Gasteiger partial charge in [0.15, 0.2) is 0 Å². The molecule has 3 aromatic rings. The van der Waals surface area contributed by atoms with Gasteiger partial charge in [0.1, 0.15) is 5.60 Å². The van der Waals surface area contributed by atoms with Crippen molar-refractivity contribution in [2.75, 3.05) is 6.54 Å². The number of thiophene rings is 1. The molecule has 1 aliphatic heterocycles. The molecule has 9 heteroatoms. The number of nitrogens with zero attached hydrogens (tertiary/aromatic N) is 2. The van der Waals surface area contributed by atoms with E-state index in [-0.39, 0.29) is 29.0 Å². The Bertz CT molecular complexity index is 1440. The Morgan fingerprint density at radius 1 is 1.16 bits per heavy atom. The lowest BCUT2D eigenvalue weighted by atomic mass is 9.49. The Morgan fingerprint density at radius 3 is 2.62 bits per heavy atom. The van der Waals surface area contributed by atoms with Crippen molar-refractivity contribution in [3.05, 3.63) is 61.7 Å². The molecule has 194 valence electrons. The first-order valence-corrected chi connectivity index (χ1v) is 13.8. The van der Waals surface area contributed by atoms with E-state index in [1.165, 1.54) is 0 Å². The molecule has 0 atom stereocenters. The minimum Gasteiger partial charge on any atom is -0.444 e. The van der Waals surface area contributed by atoms with Gasteiger partial charge >= 0.3 is 6.09 Å². The Hall–Kier alpha value is -3.20. The number of hydrogen-bond donors (Lipinski definition) is 2. The fraction of sp³-hybridized carbons (Fsp3) is 0.500. The van der Waals surface area contributed by atoms with Crippen molar-refractivity contribution < 1.29 is 14.3 Å². The second-order valence-corrected chi connectivity index (χ2v) is 12.8. The van der Waals surface area contributed by atoms with Gasteiger partial charge in [-0.05, 0) is 69.9 Å². The van der Waals surface area contributed by atoms with Gasteiger partial charge in [-0.1, -0.05) is 18.2 Å². The van der Waals surface area contributed by atoms with E-state index in [1.807, 2.05) is 50.4 Å². The van der Waals surface area contributed by atoms with Gasteiger partial charge in [0.05, 0.1) is 23.2 Å². The molecule has 2 fully saturated rings. The van der Waals surface area contributed by atoms with Gasteiger partial charge < -0.3 is 15.0 Å². The molecule has 0 bridgehead atoms. The van der Waals surface area contributed by atoms with Gasteiger partial charge in [-0.25, -0.2) is 9.89 Å². The number of ether oxygens (including phenoxy) is 1. The molecule has 6 rings (SSSR count). The monoisotopic (exact) mass is 520 g/mol. The van der Waals surface area contributed by atoms with E-state index in [0.29, 0.717) is 30.8 Å². The molecular formula is C28H32N4O4S. The minimum atomic E-state index is -0.525. The van der Waals surface area contributed by atoms with E-state index in [1.54, 1.807) is 16.2 Å². The van der Waals surface area contributed by atoms with Gasteiger partial charge in [-0.3, -0.25) is 9.59 Å². The number of aromatic amines is 1. The quantitative estimate of drug-likeness (QED) is 0.519. The largest absolute Gasteiger partial charge is 0.444 e. The zero-order chi connectivity index (χ0) is 25.9. The first kappa shape index (κ1) is 24.2. The predicted molar refractivity (Wildman–Crippen MR) is 142 cm³/mol. The Labute approximate surface area is 219 Å². The highest BCUT2D eigenvalue weighted by atomic mass is 32.1. The molecule has 2 aliphatic carbocycles. The molecule has 3 aliphatic rings. The second kappa shape index (κ2) is 8.68. The van der Waals surface area contributed by atoms with Crippen LogP contribution in [-0.4, -0.2) is 45.3 Å². The minimum absolute atomic E-state index is 0.00719. The number of benzene rings is 1. The summed E-state index contributed by atoms with van der Waals surface area (Å²) in [4.78, 5) is 40.5. The maximum Gasteiger partial charge on any atom is 0.410 e. The van der Waals surface area contributed by atoms with Crippen molar-refractivity contribution in [3.63, 3.8) is 0 Å². The maximum absolute atomic E-state index is 13.1. The van der Waals surface area contributed by atoms with Gasteiger partial charge in [0.2, 0.25) is 0 Å². The summed E-state index contributed by atoms with van der Waals surface area (Å²) in [5, 5.41) is 13.9. The van der Waals surface area contributed by atoms with Crippen molar-refractivity contribution >= 4 is 34.1 Å². The van der Waals surface area contributed by atoms with Crippen molar-refractivity contribution in [3.8, 4) is 0 Å². The summed E-state index contributed by atoms with van der Waals surface area (Å²) in [6.07, 6.45) is 4.40. The molecule has 8 nitrogen and oxygen atoms in total. The third-order valence-corrected chi connectivity index (χ3v) is 9.02. The highest BCUT2D eigenvalue weighted by molar-refractivity contribution is 7.10. The molecular weight excluding hydrogens is 488 g/mol. The molecule has 2 N–H and O–H groups in total. The first-order valence-electron chi connectivity index (χ1n) is 13.0. The van der Waals surface area contributed by atoms with Crippen LogP contribution in [0.2, 0.25) is 0 Å². The van der Waals surface area contributed by atoms with Crippen molar-refractivity contribution in [2.45, 2.75) is 77.0 Å². The summed E-state index contributed by atoms with van der Waals surface area (Å²) in [5.41, 5.74) is 2.40. The third-order valence-electron chi connectivity index (χ3n) is 8.01. The highest BCUT2D eigenvalue weighted by Gasteiger charge is 2.54. The fourth-order valence-electron chi connectivity index (χ4n) is 6.31. The van der Waals surface area contributed by atoms with Gasteiger partial charge in [0, 0.05) is 34.1 Å². The molecule has 0 radical (unpaired) electrons. The lowest BCUT2D eigenvalue weighted by Crippen LogP contribution is -2.55. The summed E-state index contributed by atoms with van der Waals surface area (Å²) < 4.78 is 5.51. The molecule has 0 saturated heterocycles. The van der Waals surface area contributed by atoms with E-state index in [2.05, 4.69) is 15.5 Å². The van der Waals surface area contributed by atoms with E-state index < -0.39 is 5.60 Å². The first-order chi connectivity index (χ1) is 17.6. The Balaban J connectivity index is 1.04. The second-order valence-electron chi connectivity index (χ2n) is 11.9. The normalized spacial score (nSPS) is 24.8. The summed E-state index contributed by atoms with van der Waals surface area (Å²) in [7, 11) is 0. The maximum atomic E-state index is 13.1. The molecule has 0 unspecified atom stereocenters. The van der Waals surface area contributed by atoms with Crippen LogP contribution < -0.4 is 10.9 Å². The summed E-state index contributed by atoms with van der Waals surface area (Å²) >= 11 is 1.54. The lowest BCUT2D eigenvalue weighted by Gasteiger charge is -2.57. The summed E-state index contributed by atoms with van der Waals surface area (Å²) in [6.45, 7) is 6.64. The number of H-pyrrole nitrogens is 1. The number of rotatable bonds is 3. The van der Waals surface area contributed by atoms with Crippen LogP contribution in [0.1, 0.15) is 78.9 Å². The molecule has 1 spiro atoms. The van der Waals surface area contributed by atoms with Gasteiger partial charge in [-0.2, -0.15) is 5.10 Å². The van der Waals surface area contributed by atoms with Crippen molar-refractivity contribution in [2.24, 2.45) is 5.41 Å². The van der Waals surface area contributed by atoms with Crippen LogP contribution in [0.5, 0.6) is 0 Å². The number of carbonyl (C=O) groups is 2. The predicted octanol–water partition coefficient (Wildman–Crippen LogP) is 4.73. The molecule has 2 aromatic heterocycles. The Kier molecular flexibility index (Phi) is 5.67. The number of hydrogen-bond acceptors (Lipinski definition) is 6. The fourth-order valence-corrected chi connectivity index (χ4v) is 7.41. The highest BCUT2D eigenvalue weighted by Crippen LogP contribution is 2.62. The molecule has 2 saturated carbocycles. The number of aromatic nitrogens is 2.